The Labute approximate surface area is 171 Å². The van der Waals surface area contributed by atoms with Crippen molar-refractivity contribution in [2.24, 2.45) is 0 Å². The first-order valence-corrected chi connectivity index (χ1v) is 14.2. The molecular weight excluding hydrogens is 460 g/mol. The van der Waals surface area contributed by atoms with Gasteiger partial charge in [0.15, 0.2) is 0 Å². The Balaban J connectivity index is 0.000000289. The summed E-state index contributed by atoms with van der Waals surface area (Å²) in [6, 6.07) is 8.71. The van der Waals surface area contributed by atoms with Gasteiger partial charge in [-0.05, 0) is 18.4 Å². The van der Waals surface area contributed by atoms with E-state index in [9.17, 15) is 0 Å². The van der Waals surface area contributed by atoms with E-state index in [0.29, 0.717) is 19.1 Å². The molecule has 0 N–H and O–H groups in total. The molecule has 0 unspecified atom stereocenters. The molecular formula is C19H32Cl2N2O2Ru. The first kappa shape index (κ1) is 24.2. The summed E-state index contributed by atoms with van der Waals surface area (Å²) in [5, 5.41) is 0. The maximum atomic E-state index is 6.14. The van der Waals surface area contributed by atoms with Gasteiger partial charge in [0.25, 0.3) is 0 Å². The van der Waals surface area contributed by atoms with Crippen LogP contribution in [0, 0.1) is 6.92 Å². The molecule has 1 aliphatic heterocycles. The van der Waals surface area contributed by atoms with E-state index < -0.39 is 13.5 Å². The van der Waals surface area contributed by atoms with Gasteiger partial charge in [-0.1, -0.05) is 43.7 Å². The van der Waals surface area contributed by atoms with Crippen molar-refractivity contribution >= 4 is 23.7 Å². The Hall–Kier alpha value is 0.133. The SMILES string of the molecule is COCCN1CCN(CCOC)[C]1=[Ru]([Cl])[Cl].Cc1ccc(C(C)C)cc1. The van der Waals surface area contributed by atoms with Crippen LogP contribution in [0.25, 0.3) is 0 Å². The normalized spacial score (nSPS) is 16.0. The Morgan fingerprint density at radius 1 is 0.962 bits per heavy atom. The number of hydrogen-bond donors (Lipinski definition) is 0. The smallest absolute Gasteiger partial charge is 0.0219 e. The summed E-state index contributed by atoms with van der Waals surface area (Å²) in [5.41, 5.74) is 2.76. The fourth-order valence-corrected chi connectivity index (χ4v) is 6.15. The van der Waals surface area contributed by atoms with Gasteiger partial charge in [0.2, 0.25) is 0 Å². The van der Waals surface area contributed by atoms with Crippen LogP contribution in [-0.4, -0.2) is 67.8 Å². The van der Waals surface area contributed by atoms with Gasteiger partial charge < -0.3 is 0 Å². The van der Waals surface area contributed by atoms with Gasteiger partial charge in [0, 0.05) is 0 Å². The fourth-order valence-electron chi connectivity index (χ4n) is 2.55. The predicted molar refractivity (Wildman–Crippen MR) is 109 cm³/mol. The molecule has 1 heterocycles. The number of aryl methyl sites for hydroxylation is 1. The van der Waals surface area contributed by atoms with Crippen LogP contribution in [0.3, 0.4) is 0 Å². The number of hydrogen-bond acceptors (Lipinski definition) is 4. The summed E-state index contributed by atoms with van der Waals surface area (Å²) in [5.74, 6) is 0.653. The van der Waals surface area contributed by atoms with E-state index in [4.69, 9.17) is 28.9 Å². The average molecular weight is 492 g/mol. The van der Waals surface area contributed by atoms with E-state index in [-0.39, 0.29) is 0 Å². The van der Waals surface area contributed by atoms with E-state index in [1.54, 1.807) is 14.2 Å². The average Bonchev–Trinajstić information content (AvgIpc) is 3.02. The molecule has 1 aliphatic rings. The topological polar surface area (TPSA) is 24.9 Å². The second kappa shape index (κ2) is 13.3. The fraction of sp³-hybridized carbons (Fsp3) is 0.632. The second-order valence-corrected chi connectivity index (χ2v) is 12.1. The predicted octanol–water partition coefficient (Wildman–Crippen LogP) is 4.03. The van der Waals surface area contributed by atoms with Crippen molar-refractivity contribution in [2.75, 3.05) is 53.6 Å². The number of methoxy groups -OCH3 is 2. The second-order valence-electron chi connectivity index (χ2n) is 6.47. The van der Waals surface area contributed by atoms with Crippen LogP contribution in [0.5, 0.6) is 0 Å². The van der Waals surface area contributed by atoms with Crippen molar-refractivity contribution in [3.63, 3.8) is 0 Å². The molecule has 0 atom stereocenters. The maximum Gasteiger partial charge on any atom is -0.0219 e. The number of nitrogens with zero attached hydrogens (tertiary/aromatic N) is 2. The molecule has 0 aliphatic carbocycles. The molecule has 1 fully saturated rings. The van der Waals surface area contributed by atoms with Gasteiger partial charge in [-0.3, -0.25) is 0 Å². The largest absolute Gasteiger partial charge is 0.0590 e. The van der Waals surface area contributed by atoms with Gasteiger partial charge in [0.05, 0.1) is 0 Å². The third kappa shape index (κ3) is 8.43. The minimum atomic E-state index is -1.86. The summed E-state index contributed by atoms with van der Waals surface area (Å²) in [4.78, 5) is 4.47. The van der Waals surface area contributed by atoms with E-state index in [1.807, 2.05) is 0 Å². The van der Waals surface area contributed by atoms with Crippen molar-refractivity contribution in [2.45, 2.75) is 26.7 Å². The molecule has 0 radical (unpaired) electrons. The molecule has 2 rings (SSSR count). The third-order valence-corrected chi connectivity index (χ3v) is 7.24. The first-order valence-electron chi connectivity index (χ1n) is 8.81. The van der Waals surface area contributed by atoms with E-state index in [2.05, 4.69) is 54.8 Å². The van der Waals surface area contributed by atoms with Crippen LogP contribution in [0.4, 0.5) is 0 Å². The number of rotatable bonds is 7. The molecule has 1 aromatic carbocycles. The number of benzene rings is 1. The Morgan fingerprint density at radius 2 is 1.42 bits per heavy atom. The molecule has 1 saturated heterocycles. The zero-order valence-electron chi connectivity index (χ0n) is 16.4. The monoisotopic (exact) mass is 492 g/mol. The van der Waals surface area contributed by atoms with E-state index in [1.165, 1.54) is 11.1 Å². The standard InChI is InChI=1S/C10H14.C9H18N2O2.2ClH.Ru/c1-8(2)10-6-4-9(3)5-7-10;1-12-7-5-10-3-4-11(9-10)6-8-13-2;;;/h4-8H,1-3H3;3-8H2,1-2H3;2*1H;/q;;;;+2/p-2. The Morgan fingerprint density at radius 3 is 1.77 bits per heavy atom. The summed E-state index contributed by atoms with van der Waals surface area (Å²) in [6.07, 6.45) is 0. The van der Waals surface area contributed by atoms with Gasteiger partial charge in [0.1, 0.15) is 0 Å². The zero-order chi connectivity index (χ0) is 19.5. The molecule has 7 heteroatoms. The molecule has 0 amide bonds. The van der Waals surface area contributed by atoms with Crippen LogP contribution < -0.4 is 0 Å². The minimum absolute atomic E-state index is 0.653. The Bertz CT molecular complexity index is 531. The van der Waals surface area contributed by atoms with Crippen LogP contribution in [0.2, 0.25) is 0 Å². The van der Waals surface area contributed by atoms with E-state index in [0.717, 1.165) is 30.5 Å². The number of ether oxygens (including phenoxy) is 2. The molecule has 0 bridgehead atoms. The minimum Gasteiger partial charge on any atom is -0.0590 e. The van der Waals surface area contributed by atoms with Crippen LogP contribution in [0.1, 0.15) is 30.9 Å². The van der Waals surface area contributed by atoms with Crippen molar-refractivity contribution in [3.8, 4) is 0 Å². The van der Waals surface area contributed by atoms with Crippen molar-refractivity contribution in [1.82, 2.24) is 9.80 Å². The van der Waals surface area contributed by atoms with Gasteiger partial charge in [-0.15, -0.1) is 0 Å². The van der Waals surface area contributed by atoms with Crippen molar-refractivity contribution in [3.05, 3.63) is 35.4 Å². The third-order valence-electron chi connectivity index (χ3n) is 4.14. The summed E-state index contributed by atoms with van der Waals surface area (Å²) < 4.78 is 11.3. The molecule has 152 valence electrons. The van der Waals surface area contributed by atoms with Crippen LogP contribution >= 0.6 is 19.4 Å². The summed E-state index contributed by atoms with van der Waals surface area (Å²) >= 11 is -1.86. The van der Waals surface area contributed by atoms with Crippen molar-refractivity contribution < 1.29 is 23.0 Å². The zero-order valence-corrected chi connectivity index (χ0v) is 19.7. The molecule has 1 aromatic rings. The van der Waals surface area contributed by atoms with Crippen molar-refractivity contribution in [1.29, 1.82) is 0 Å². The van der Waals surface area contributed by atoms with Gasteiger partial charge >= 0.3 is 110 Å². The molecule has 4 nitrogen and oxygen atoms in total. The van der Waals surface area contributed by atoms with E-state index >= 15 is 0 Å². The maximum absolute atomic E-state index is 6.14. The summed E-state index contributed by atoms with van der Waals surface area (Å²) in [7, 11) is 15.7. The Kier molecular flexibility index (Phi) is 12.4. The molecule has 0 spiro atoms. The summed E-state index contributed by atoms with van der Waals surface area (Å²) in [6.45, 7) is 11.6. The quantitative estimate of drug-likeness (QED) is 0.537. The van der Waals surface area contributed by atoms with Crippen LogP contribution in [0.15, 0.2) is 24.3 Å². The van der Waals surface area contributed by atoms with Gasteiger partial charge in [-0.25, -0.2) is 0 Å². The number of halogens is 2. The molecule has 26 heavy (non-hydrogen) atoms. The van der Waals surface area contributed by atoms with Gasteiger partial charge in [-0.2, -0.15) is 0 Å². The first-order chi connectivity index (χ1) is 12.4. The van der Waals surface area contributed by atoms with Crippen LogP contribution in [-0.2, 0) is 23.0 Å². The molecule has 0 saturated carbocycles. The molecule has 0 aromatic heterocycles.